The van der Waals surface area contributed by atoms with E-state index in [9.17, 15) is 9.90 Å². The summed E-state index contributed by atoms with van der Waals surface area (Å²) >= 11 is 0. The molecule has 3 N–H and O–H groups in total. The minimum Gasteiger partial charge on any atom is -0.391 e. The number of aliphatic hydroxyl groups is 1. The highest BCUT2D eigenvalue weighted by atomic mass is 16.3. The Hall–Kier alpha value is -0.650. The lowest BCUT2D eigenvalue weighted by Crippen LogP contribution is -2.54. The molecule has 1 aliphatic carbocycles. The lowest BCUT2D eigenvalue weighted by atomic mass is 9.67. The molecule has 0 bridgehead atoms. The van der Waals surface area contributed by atoms with Crippen LogP contribution in [0.4, 0.5) is 0 Å². The van der Waals surface area contributed by atoms with Crippen molar-refractivity contribution in [1.82, 2.24) is 9.80 Å². The minimum absolute atomic E-state index is 0.131. The summed E-state index contributed by atoms with van der Waals surface area (Å²) in [4.78, 5) is 16.6. The van der Waals surface area contributed by atoms with E-state index in [1.807, 2.05) is 19.0 Å². The molecule has 1 saturated heterocycles. The van der Waals surface area contributed by atoms with Gasteiger partial charge < -0.3 is 20.6 Å². The van der Waals surface area contributed by atoms with Crippen molar-refractivity contribution in [3.05, 3.63) is 0 Å². The van der Waals surface area contributed by atoms with Gasteiger partial charge in [0.25, 0.3) is 0 Å². The number of nitrogens with two attached hydrogens (primary N) is 1. The third kappa shape index (κ3) is 2.39. The molecule has 1 heterocycles. The van der Waals surface area contributed by atoms with Gasteiger partial charge in [-0.15, -0.1) is 0 Å². The molecule has 0 aromatic rings. The Balaban J connectivity index is 2.07. The highest BCUT2D eigenvalue weighted by molar-refractivity contribution is 5.84. The molecule has 0 aromatic heterocycles. The highest BCUT2D eigenvalue weighted by Crippen LogP contribution is 2.42. The number of β-amino-alcohol motifs (C(OH)–C–C–N with tert-alkyl or cyclic N) is 1. The van der Waals surface area contributed by atoms with E-state index < -0.39 is 0 Å². The van der Waals surface area contributed by atoms with Crippen molar-refractivity contribution in [2.75, 3.05) is 33.7 Å². The van der Waals surface area contributed by atoms with E-state index in [2.05, 4.69) is 4.90 Å². The van der Waals surface area contributed by atoms with Crippen LogP contribution in [0.5, 0.6) is 0 Å². The molecule has 2 atom stereocenters. The second-order valence-electron chi connectivity index (χ2n) is 6.10. The molecular weight excluding hydrogens is 230 g/mol. The Bertz CT molecular complexity index is 310. The zero-order valence-corrected chi connectivity index (χ0v) is 11.4. The van der Waals surface area contributed by atoms with Crippen molar-refractivity contribution in [2.45, 2.75) is 37.8 Å². The van der Waals surface area contributed by atoms with Crippen molar-refractivity contribution in [3.63, 3.8) is 0 Å². The van der Waals surface area contributed by atoms with Gasteiger partial charge in [0.1, 0.15) is 0 Å². The summed E-state index contributed by atoms with van der Waals surface area (Å²) in [6.45, 7) is 1.72. The van der Waals surface area contributed by atoms with Crippen molar-refractivity contribution in [3.8, 4) is 0 Å². The number of carbonyl (C=O) groups excluding carboxylic acids is 1. The summed E-state index contributed by atoms with van der Waals surface area (Å²) in [5, 5.41) is 9.82. The van der Waals surface area contributed by atoms with Gasteiger partial charge in [0.05, 0.1) is 11.5 Å². The maximum Gasteiger partial charge on any atom is 0.230 e. The van der Waals surface area contributed by atoms with E-state index in [-0.39, 0.29) is 23.5 Å². The van der Waals surface area contributed by atoms with Crippen molar-refractivity contribution >= 4 is 5.91 Å². The maximum absolute atomic E-state index is 12.6. The number of likely N-dealkylation sites (N-methyl/N-ethyl adjacent to an activating group) is 1. The SMILES string of the molecule is CN(C)CC1CC(O)CN1C(=O)C1(CN)CCC1. The first-order chi connectivity index (χ1) is 8.48. The van der Waals surface area contributed by atoms with Crippen LogP contribution in [0.2, 0.25) is 0 Å². The van der Waals surface area contributed by atoms with Crippen LogP contribution in [-0.2, 0) is 4.79 Å². The van der Waals surface area contributed by atoms with Gasteiger partial charge in [-0.05, 0) is 33.4 Å². The molecule has 5 heteroatoms. The number of carbonyl (C=O) groups is 1. The normalized spacial score (nSPS) is 30.6. The fourth-order valence-electron chi connectivity index (χ4n) is 3.15. The summed E-state index contributed by atoms with van der Waals surface area (Å²) < 4.78 is 0. The Labute approximate surface area is 109 Å². The van der Waals surface area contributed by atoms with Gasteiger partial charge in [-0.3, -0.25) is 4.79 Å². The molecule has 2 rings (SSSR count). The second-order valence-corrected chi connectivity index (χ2v) is 6.10. The van der Waals surface area contributed by atoms with Gasteiger partial charge in [-0.2, -0.15) is 0 Å². The fraction of sp³-hybridized carbons (Fsp3) is 0.923. The Morgan fingerprint density at radius 1 is 1.50 bits per heavy atom. The predicted octanol–water partition coefficient (Wildman–Crippen LogP) is -0.361. The standard InChI is InChI=1S/C13H25N3O2/c1-15(2)7-10-6-11(17)8-16(10)12(18)13(9-14)4-3-5-13/h10-11,17H,3-9,14H2,1-2H3. The third-order valence-corrected chi connectivity index (χ3v) is 4.38. The van der Waals surface area contributed by atoms with Crippen LogP contribution < -0.4 is 5.73 Å². The topological polar surface area (TPSA) is 69.8 Å². The van der Waals surface area contributed by atoms with Gasteiger partial charge in [0, 0.05) is 25.7 Å². The van der Waals surface area contributed by atoms with Crippen molar-refractivity contribution in [1.29, 1.82) is 0 Å². The smallest absolute Gasteiger partial charge is 0.230 e. The summed E-state index contributed by atoms with van der Waals surface area (Å²) in [5.41, 5.74) is 5.47. The lowest BCUT2D eigenvalue weighted by Gasteiger charge is -2.43. The molecule has 5 nitrogen and oxygen atoms in total. The lowest BCUT2D eigenvalue weighted by molar-refractivity contribution is -0.148. The first-order valence-corrected chi connectivity index (χ1v) is 6.82. The largest absolute Gasteiger partial charge is 0.391 e. The Kier molecular flexibility index (Phi) is 3.94. The van der Waals surface area contributed by atoms with Crippen LogP contribution in [0.25, 0.3) is 0 Å². The molecule has 1 saturated carbocycles. The highest BCUT2D eigenvalue weighted by Gasteiger charge is 2.48. The zero-order chi connectivity index (χ0) is 13.3. The zero-order valence-electron chi connectivity index (χ0n) is 11.4. The average molecular weight is 255 g/mol. The van der Waals surface area contributed by atoms with E-state index in [0.717, 1.165) is 25.8 Å². The molecule has 2 unspecified atom stereocenters. The second kappa shape index (κ2) is 5.15. The van der Waals surface area contributed by atoms with Gasteiger partial charge >= 0.3 is 0 Å². The van der Waals surface area contributed by atoms with Crippen LogP contribution in [0.15, 0.2) is 0 Å². The molecule has 1 amide bonds. The van der Waals surface area contributed by atoms with Gasteiger partial charge in [0.2, 0.25) is 5.91 Å². The number of rotatable bonds is 4. The Morgan fingerprint density at radius 3 is 2.61 bits per heavy atom. The average Bonchev–Trinajstić information content (AvgIpc) is 2.57. The molecule has 0 radical (unpaired) electrons. The number of hydrogen-bond acceptors (Lipinski definition) is 4. The van der Waals surface area contributed by atoms with Gasteiger partial charge in [-0.1, -0.05) is 6.42 Å². The van der Waals surface area contributed by atoms with Crippen LogP contribution in [0, 0.1) is 5.41 Å². The number of aliphatic hydroxyl groups excluding tert-OH is 1. The van der Waals surface area contributed by atoms with E-state index in [1.54, 1.807) is 0 Å². The van der Waals surface area contributed by atoms with Gasteiger partial charge in [-0.25, -0.2) is 0 Å². The summed E-state index contributed by atoms with van der Waals surface area (Å²) in [6, 6.07) is 0.131. The molecule has 0 aromatic carbocycles. The third-order valence-electron chi connectivity index (χ3n) is 4.38. The molecule has 0 spiro atoms. The summed E-state index contributed by atoms with van der Waals surface area (Å²) in [5.74, 6) is 0.166. The van der Waals surface area contributed by atoms with E-state index >= 15 is 0 Å². The minimum atomic E-state index is -0.381. The molecule has 18 heavy (non-hydrogen) atoms. The van der Waals surface area contributed by atoms with Gasteiger partial charge in [0.15, 0.2) is 0 Å². The fourth-order valence-corrected chi connectivity index (χ4v) is 3.15. The Morgan fingerprint density at radius 2 is 2.17 bits per heavy atom. The summed E-state index contributed by atoms with van der Waals surface area (Å²) in [6.07, 6.45) is 3.21. The number of hydrogen-bond donors (Lipinski definition) is 2. The molecule has 2 aliphatic rings. The maximum atomic E-state index is 12.6. The molecule has 2 fully saturated rings. The van der Waals surface area contributed by atoms with Crippen LogP contribution in [0.3, 0.4) is 0 Å². The number of likely N-dealkylation sites (tertiary alicyclic amines) is 1. The van der Waals surface area contributed by atoms with Crippen LogP contribution in [0.1, 0.15) is 25.7 Å². The molecule has 1 aliphatic heterocycles. The van der Waals surface area contributed by atoms with E-state index in [1.165, 1.54) is 0 Å². The summed E-state index contributed by atoms with van der Waals surface area (Å²) in [7, 11) is 3.99. The first kappa shape index (κ1) is 13.8. The van der Waals surface area contributed by atoms with E-state index in [0.29, 0.717) is 19.5 Å². The van der Waals surface area contributed by atoms with Crippen LogP contribution in [-0.4, -0.2) is 66.7 Å². The first-order valence-electron chi connectivity index (χ1n) is 6.82. The number of nitrogens with zero attached hydrogens (tertiary/aromatic N) is 2. The molecular formula is C13H25N3O2. The number of amides is 1. The van der Waals surface area contributed by atoms with Crippen molar-refractivity contribution in [2.24, 2.45) is 11.1 Å². The monoisotopic (exact) mass is 255 g/mol. The predicted molar refractivity (Wildman–Crippen MR) is 70.0 cm³/mol. The van der Waals surface area contributed by atoms with Crippen LogP contribution >= 0.6 is 0 Å². The molecule has 104 valence electrons. The van der Waals surface area contributed by atoms with E-state index in [4.69, 9.17) is 5.73 Å². The van der Waals surface area contributed by atoms with Crippen molar-refractivity contribution < 1.29 is 9.90 Å². The quantitative estimate of drug-likeness (QED) is 0.720.